The molecule has 0 aromatic heterocycles. The molecule has 1 aliphatic carbocycles. The second kappa shape index (κ2) is 3.34. The minimum absolute atomic E-state index is 0.727. The number of hydrogen-bond acceptors (Lipinski definition) is 0. The molecule has 0 saturated heterocycles. The molecule has 0 aromatic rings. The van der Waals surface area contributed by atoms with Crippen LogP contribution in [0.4, 0.5) is 0 Å². The second-order valence-electron chi connectivity index (χ2n) is 2.43. The van der Waals surface area contributed by atoms with Crippen LogP contribution in [0.5, 0.6) is 0 Å². The highest BCUT2D eigenvalue weighted by molar-refractivity contribution is 6.18. The van der Waals surface area contributed by atoms with Crippen molar-refractivity contribution in [1.29, 1.82) is 0 Å². The third kappa shape index (κ3) is 1.66. The van der Waals surface area contributed by atoms with E-state index in [1.54, 1.807) is 0 Å². The molecule has 1 radical (unpaired) electrons. The highest BCUT2D eigenvalue weighted by Gasteiger charge is 2.10. The molecule has 1 aliphatic rings. The molecule has 0 bridgehead atoms. The highest BCUT2D eigenvalue weighted by Crippen LogP contribution is 2.22. The van der Waals surface area contributed by atoms with E-state index in [1.807, 2.05) is 0 Å². The van der Waals surface area contributed by atoms with Gasteiger partial charge in [0.15, 0.2) is 0 Å². The first-order valence-corrected chi connectivity index (χ1v) is 3.86. The number of halogens is 1. The lowest BCUT2D eigenvalue weighted by Gasteiger charge is -2.17. The monoisotopic (exact) mass is 131 g/mol. The van der Waals surface area contributed by atoms with Gasteiger partial charge in [0, 0.05) is 5.88 Å². The van der Waals surface area contributed by atoms with Crippen molar-refractivity contribution < 1.29 is 0 Å². The molecule has 1 rings (SSSR count). The predicted octanol–water partition coefficient (Wildman–Crippen LogP) is 2.62. The van der Waals surface area contributed by atoms with Crippen LogP contribution in [0.2, 0.25) is 0 Å². The minimum Gasteiger partial charge on any atom is -0.126 e. The lowest BCUT2D eigenvalue weighted by Crippen LogP contribution is -2.07. The standard InChI is InChI=1S/C7H12Cl/c8-6-7-4-2-1-3-5-7/h4,7H,1-3,5-6H2. The number of rotatable bonds is 1. The van der Waals surface area contributed by atoms with E-state index in [2.05, 4.69) is 6.42 Å². The zero-order valence-corrected chi connectivity index (χ0v) is 5.82. The summed E-state index contributed by atoms with van der Waals surface area (Å²) in [6.45, 7) is 0. The summed E-state index contributed by atoms with van der Waals surface area (Å²) in [5.74, 6) is 1.56. The quantitative estimate of drug-likeness (QED) is 0.480. The molecule has 1 fully saturated rings. The van der Waals surface area contributed by atoms with Crippen molar-refractivity contribution in [3.05, 3.63) is 6.42 Å². The van der Waals surface area contributed by atoms with Crippen LogP contribution >= 0.6 is 11.6 Å². The zero-order chi connectivity index (χ0) is 5.82. The van der Waals surface area contributed by atoms with E-state index in [-0.39, 0.29) is 0 Å². The second-order valence-corrected chi connectivity index (χ2v) is 2.74. The van der Waals surface area contributed by atoms with Gasteiger partial charge in [-0.05, 0) is 25.2 Å². The van der Waals surface area contributed by atoms with E-state index < -0.39 is 0 Å². The van der Waals surface area contributed by atoms with Gasteiger partial charge in [-0.1, -0.05) is 12.8 Å². The Morgan fingerprint density at radius 2 is 2.38 bits per heavy atom. The van der Waals surface area contributed by atoms with Crippen molar-refractivity contribution in [2.75, 3.05) is 5.88 Å². The Morgan fingerprint density at radius 1 is 1.50 bits per heavy atom. The van der Waals surface area contributed by atoms with Crippen LogP contribution in [-0.2, 0) is 0 Å². The predicted molar refractivity (Wildman–Crippen MR) is 37.0 cm³/mol. The van der Waals surface area contributed by atoms with Gasteiger partial charge in [0.2, 0.25) is 0 Å². The fraction of sp³-hybridized carbons (Fsp3) is 0.857. The first-order valence-electron chi connectivity index (χ1n) is 3.33. The van der Waals surface area contributed by atoms with Crippen molar-refractivity contribution in [3.63, 3.8) is 0 Å². The average Bonchev–Trinajstić information content (AvgIpc) is 1.90. The Labute approximate surface area is 56.2 Å². The Morgan fingerprint density at radius 3 is 2.75 bits per heavy atom. The normalized spacial score (nSPS) is 23.6. The van der Waals surface area contributed by atoms with Crippen LogP contribution in [0.1, 0.15) is 25.7 Å². The molecule has 0 amide bonds. The first-order chi connectivity index (χ1) is 3.93. The van der Waals surface area contributed by atoms with Crippen LogP contribution in [-0.4, -0.2) is 5.88 Å². The lowest BCUT2D eigenvalue weighted by atomic mass is 9.91. The topological polar surface area (TPSA) is 0 Å². The van der Waals surface area contributed by atoms with Gasteiger partial charge >= 0.3 is 0 Å². The van der Waals surface area contributed by atoms with E-state index >= 15 is 0 Å². The van der Waals surface area contributed by atoms with Crippen molar-refractivity contribution in [3.8, 4) is 0 Å². The Balaban J connectivity index is 2.13. The van der Waals surface area contributed by atoms with Crippen molar-refractivity contribution in [2.45, 2.75) is 25.7 Å². The van der Waals surface area contributed by atoms with Gasteiger partial charge in [-0.15, -0.1) is 11.6 Å². The molecule has 0 nitrogen and oxygen atoms in total. The maximum atomic E-state index is 5.65. The molecule has 1 atom stereocenters. The summed E-state index contributed by atoms with van der Waals surface area (Å²) in [7, 11) is 0. The molecule has 1 saturated carbocycles. The molecular weight excluding hydrogens is 120 g/mol. The summed E-state index contributed by atoms with van der Waals surface area (Å²) >= 11 is 5.65. The molecule has 1 heteroatoms. The van der Waals surface area contributed by atoms with Crippen molar-refractivity contribution in [2.24, 2.45) is 5.92 Å². The maximum Gasteiger partial charge on any atom is 0.0254 e. The average molecular weight is 132 g/mol. The van der Waals surface area contributed by atoms with Gasteiger partial charge in [-0.25, -0.2) is 0 Å². The van der Waals surface area contributed by atoms with Gasteiger partial charge in [-0.2, -0.15) is 0 Å². The van der Waals surface area contributed by atoms with Gasteiger partial charge in [0.1, 0.15) is 0 Å². The summed E-state index contributed by atoms with van der Waals surface area (Å²) in [4.78, 5) is 0. The van der Waals surface area contributed by atoms with Gasteiger partial charge in [0.25, 0.3) is 0 Å². The van der Waals surface area contributed by atoms with E-state index in [4.69, 9.17) is 11.6 Å². The van der Waals surface area contributed by atoms with Gasteiger partial charge in [-0.3, -0.25) is 0 Å². The zero-order valence-electron chi connectivity index (χ0n) is 5.07. The molecular formula is C7H12Cl. The van der Waals surface area contributed by atoms with E-state index in [1.165, 1.54) is 25.7 Å². The third-order valence-corrected chi connectivity index (χ3v) is 2.12. The van der Waals surface area contributed by atoms with Crippen LogP contribution in [0.3, 0.4) is 0 Å². The van der Waals surface area contributed by atoms with Gasteiger partial charge in [0.05, 0.1) is 0 Å². The molecule has 1 unspecified atom stereocenters. The smallest absolute Gasteiger partial charge is 0.0254 e. The minimum atomic E-state index is 0.727. The highest BCUT2D eigenvalue weighted by atomic mass is 35.5. The third-order valence-electron chi connectivity index (χ3n) is 1.73. The molecule has 0 aliphatic heterocycles. The summed E-state index contributed by atoms with van der Waals surface area (Å²) in [6, 6.07) is 0. The summed E-state index contributed by atoms with van der Waals surface area (Å²) in [5, 5.41) is 0. The Kier molecular flexibility index (Phi) is 2.68. The molecule has 47 valence electrons. The largest absolute Gasteiger partial charge is 0.126 e. The lowest BCUT2D eigenvalue weighted by molar-refractivity contribution is 0.480. The van der Waals surface area contributed by atoms with Crippen molar-refractivity contribution in [1.82, 2.24) is 0 Å². The van der Waals surface area contributed by atoms with E-state index in [9.17, 15) is 0 Å². The number of hydrogen-bond donors (Lipinski definition) is 0. The Hall–Kier alpha value is 0.290. The van der Waals surface area contributed by atoms with Crippen LogP contribution in [0.25, 0.3) is 0 Å². The molecule has 8 heavy (non-hydrogen) atoms. The van der Waals surface area contributed by atoms with E-state index in [0.717, 1.165) is 11.8 Å². The first kappa shape index (κ1) is 6.41. The molecule has 0 N–H and O–H groups in total. The van der Waals surface area contributed by atoms with Crippen LogP contribution in [0, 0.1) is 12.3 Å². The fourth-order valence-corrected chi connectivity index (χ4v) is 1.44. The Bertz CT molecular complexity index is 55.4. The fourth-order valence-electron chi connectivity index (χ4n) is 1.16. The number of alkyl halides is 1. The van der Waals surface area contributed by atoms with E-state index in [0.29, 0.717) is 0 Å². The molecule has 0 aromatic carbocycles. The molecule has 0 heterocycles. The SMILES string of the molecule is ClCC1[CH]CCCC1. The van der Waals surface area contributed by atoms with Crippen molar-refractivity contribution >= 4 is 11.6 Å². The molecule has 0 spiro atoms. The summed E-state index contributed by atoms with van der Waals surface area (Å²) in [6.07, 6.45) is 7.73. The maximum absolute atomic E-state index is 5.65. The summed E-state index contributed by atoms with van der Waals surface area (Å²) in [5.41, 5.74) is 0. The van der Waals surface area contributed by atoms with Crippen LogP contribution in [0.15, 0.2) is 0 Å². The summed E-state index contributed by atoms with van der Waals surface area (Å²) < 4.78 is 0. The van der Waals surface area contributed by atoms with Crippen LogP contribution < -0.4 is 0 Å². The van der Waals surface area contributed by atoms with Gasteiger partial charge < -0.3 is 0 Å².